The Morgan fingerprint density at radius 2 is 1.84 bits per heavy atom. The van der Waals surface area contributed by atoms with E-state index in [2.05, 4.69) is 6.07 Å². The summed E-state index contributed by atoms with van der Waals surface area (Å²) in [5.74, 6) is -0.822. The molecule has 1 heterocycles. The lowest BCUT2D eigenvalue weighted by atomic mass is 10.1. The Kier molecular flexibility index (Phi) is 5.32. The quantitative estimate of drug-likeness (QED) is 0.844. The summed E-state index contributed by atoms with van der Waals surface area (Å²) in [6, 6.07) is 15.1. The van der Waals surface area contributed by atoms with E-state index in [4.69, 9.17) is 11.6 Å². The molecule has 0 spiro atoms. The molecule has 0 aliphatic carbocycles. The maximum atomic E-state index is 13.8. The van der Waals surface area contributed by atoms with Gasteiger partial charge in [0.1, 0.15) is 11.9 Å². The van der Waals surface area contributed by atoms with Gasteiger partial charge in [-0.2, -0.15) is 5.26 Å². The zero-order valence-electron chi connectivity index (χ0n) is 13.5. The fourth-order valence-electron chi connectivity index (χ4n) is 3.03. The molecule has 0 radical (unpaired) electrons. The summed E-state index contributed by atoms with van der Waals surface area (Å²) in [4.78, 5) is 16.1. The normalized spacial score (nSPS) is 16.3. The number of rotatable bonds is 3. The molecule has 1 saturated heterocycles. The summed E-state index contributed by atoms with van der Waals surface area (Å²) in [6.45, 7) is 1.99. The van der Waals surface area contributed by atoms with Gasteiger partial charge in [-0.15, -0.1) is 0 Å². The van der Waals surface area contributed by atoms with Gasteiger partial charge in [0, 0.05) is 31.2 Å². The van der Waals surface area contributed by atoms with E-state index in [0.717, 1.165) is 5.56 Å². The minimum Gasteiger partial charge on any atom is -0.336 e. The molecule has 1 aliphatic heterocycles. The molecular formula is C19H17ClFN3O. The molecule has 1 atom stereocenters. The first-order valence-corrected chi connectivity index (χ1v) is 8.41. The van der Waals surface area contributed by atoms with Crippen LogP contribution < -0.4 is 0 Å². The fourth-order valence-corrected chi connectivity index (χ4v) is 3.23. The average molecular weight is 358 g/mol. The Morgan fingerprint density at radius 1 is 1.12 bits per heavy atom. The number of piperazine rings is 1. The maximum absolute atomic E-state index is 13.8. The van der Waals surface area contributed by atoms with Gasteiger partial charge in [-0.1, -0.05) is 35.9 Å². The first kappa shape index (κ1) is 17.4. The second kappa shape index (κ2) is 7.64. The zero-order chi connectivity index (χ0) is 17.8. The van der Waals surface area contributed by atoms with Crippen molar-refractivity contribution in [2.45, 2.75) is 6.04 Å². The molecule has 0 bridgehead atoms. The fraction of sp³-hybridized carbons (Fsp3) is 0.263. The Balaban J connectivity index is 1.68. The molecule has 6 heteroatoms. The zero-order valence-corrected chi connectivity index (χ0v) is 14.3. The van der Waals surface area contributed by atoms with Gasteiger partial charge in [0.05, 0.1) is 11.6 Å². The lowest BCUT2D eigenvalue weighted by molar-refractivity contribution is 0.0602. The van der Waals surface area contributed by atoms with E-state index in [0.29, 0.717) is 31.2 Å². The number of hydrogen-bond donors (Lipinski definition) is 0. The summed E-state index contributed by atoms with van der Waals surface area (Å²) < 4.78 is 13.8. The number of carbonyl (C=O) groups is 1. The Labute approximate surface area is 151 Å². The van der Waals surface area contributed by atoms with E-state index in [1.807, 2.05) is 17.0 Å². The van der Waals surface area contributed by atoms with Crippen LogP contribution in [0, 0.1) is 17.1 Å². The third-order valence-corrected chi connectivity index (χ3v) is 4.59. The summed E-state index contributed by atoms with van der Waals surface area (Å²) in [5.41, 5.74) is 0.923. The molecular weight excluding hydrogens is 341 g/mol. The highest BCUT2D eigenvalue weighted by atomic mass is 35.5. The topological polar surface area (TPSA) is 47.3 Å². The second-order valence-corrected chi connectivity index (χ2v) is 6.33. The molecule has 2 aromatic rings. The number of carbonyl (C=O) groups excluding carboxylic acids is 1. The molecule has 2 aromatic carbocycles. The molecule has 128 valence electrons. The van der Waals surface area contributed by atoms with Crippen molar-refractivity contribution in [3.63, 3.8) is 0 Å². The van der Waals surface area contributed by atoms with Crippen molar-refractivity contribution in [1.82, 2.24) is 9.80 Å². The van der Waals surface area contributed by atoms with Crippen molar-refractivity contribution in [2.24, 2.45) is 0 Å². The number of nitriles is 1. The lowest BCUT2D eigenvalue weighted by Crippen LogP contribution is -2.49. The predicted octanol–water partition coefficient (Wildman–Crippen LogP) is 3.50. The molecule has 25 heavy (non-hydrogen) atoms. The van der Waals surface area contributed by atoms with E-state index in [-0.39, 0.29) is 11.5 Å². The van der Waals surface area contributed by atoms with Gasteiger partial charge in [0.2, 0.25) is 0 Å². The number of benzene rings is 2. The summed E-state index contributed by atoms with van der Waals surface area (Å²) in [6.07, 6.45) is 0. The van der Waals surface area contributed by atoms with Gasteiger partial charge < -0.3 is 4.90 Å². The van der Waals surface area contributed by atoms with Crippen molar-refractivity contribution in [3.05, 3.63) is 70.5 Å². The minimum atomic E-state index is -0.510. The SMILES string of the molecule is N#CC(c1cccc(Cl)c1)N1CCN(C(=O)c2ccccc2F)CC1. The molecule has 1 fully saturated rings. The highest BCUT2D eigenvalue weighted by Crippen LogP contribution is 2.24. The summed E-state index contributed by atoms with van der Waals surface area (Å²) in [5, 5.41) is 10.1. The predicted molar refractivity (Wildman–Crippen MR) is 93.7 cm³/mol. The Morgan fingerprint density at radius 3 is 2.48 bits per heavy atom. The number of hydrogen-bond acceptors (Lipinski definition) is 3. The average Bonchev–Trinajstić information content (AvgIpc) is 2.63. The smallest absolute Gasteiger partial charge is 0.256 e. The van der Waals surface area contributed by atoms with Gasteiger partial charge >= 0.3 is 0 Å². The molecule has 4 nitrogen and oxygen atoms in total. The first-order chi connectivity index (χ1) is 12.1. The van der Waals surface area contributed by atoms with Crippen LogP contribution in [0.25, 0.3) is 0 Å². The van der Waals surface area contributed by atoms with E-state index in [1.54, 1.807) is 29.2 Å². The Hall–Kier alpha value is -2.42. The first-order valence-electron chi connectivity index (χ1n) is 8.03. The van der Waals surface area contributed by atoms with Crippen LogP contribution in [0.2, 0.25) is 5.02 Å². The largest absolute Gasteiger partial charge is 0.336 e. The number of amides is 1. The standard InChI is InChI=1S/C19H17ClFN3O/c20-15-5-3-4-14(12-15)18(13-22)23-8-10-24(11-9-23)19(25)16-6-1-2-7-17(16)21/h1-7,12,18H,8-11H2. The van der Waals surface area contributed by atoms with Gasteiger partial charge in [-0.05, 0) is 29.8 Å². The van der Waals surface area contributed by atoms with Crippen LogP contribution in [-0.2, 0) is 0 Å². The van der Waals surface area contributed by atoms with E-state index >= 15 is 0 Å². The molecule has 0 N–H and O–H groups in total. The lowest BCUT2D eigenvalue weighted by Gasteiger charge is -2.37. The number of halogens is 2. The van der Waals surface area contributed by atoms with Gasteiger partial charge in [-0.3, -0.25) is 9.69 Å². The highest BCUT2D eigenvalue weighted by Gasteiger charge is 2.28. The minimum absolute atomic E-state index is 0.0858. The van der Waals surface area contributed by atoms with E-state index in [1.165, 1.54) is 12.1 Å². The molecule has 1 unspecified atom stereocenters. The molecule has 3 rings (SSSR count). The molecule has 0 saturated carbocycles. The third-order valence-electron chi connectivity index (χ3n) is 4.36. The molecule has 1 aliphatic rings. The van der Waals surface area contributed by atoms with Crippen LogP contribution in [0.3, 0.4) is 0 Å². The van der Waals surface area contributed by atoms with Gasteiger partial charge in [0.15, 0.2) is 0 Å². The van der Waals surface area contributed by atoms with Crippen LogP contribution in [0.1, 0.15) is 22.0 Å². The van der Waals surface area contributed by atoms with Crippen LogP contribution in [0.15, 0.2) is 48.5 Å². The molecule has 0 aromatic heterocycles. The van der Waals surface area contributed by atoms with E-state index in [9.17, 15) is 14.4 Å². The van der Waals surface area contributed by atoms with Crippen LogP contribution in [0.4, 0.5) is 4.39 Å². The van der Waals surface area contributed by atoms with Crippen molar-refractivity contribution in [1.29, 1.82) is 5.26 Å². The summed E-state index contributed by atoms with van der Waals surface area (Å²) >= 11 is 6.02. The van der Waals surface area contributed by atoms with E-state index < -0.39 is 11.9 Å². The van der Waals surface area contributed by atoms with Crippen molar-refractivity contribution in [3.8, 4) is 6.07 Å². The van der Waals surface area contributed by atoms with Crippen LogP contribution >= 0.6 is 11.6 Å². The molecule has 1 amide bonds. The Bertz CT molecular complexity index is 812. The highest BCUT2D eigenvalue weighted by molar-refractivity contribution is 6.30. The van der Waals surface area contributed by atoms with Crippen molar-refractivity contribution < 1.29 is 9.18 Å². The third kappa shape index (κ3) is 3.81. The van der Waals surface area contributed by atoms with Crippen molar-refractivity contribution in [2.75, 3.05) is 26.2 Å². The van der Waals surface area contributed by atoms with Crippen LogP contribution in [0.5, 0.6) is 0 Å². The summed E-state index contributed by atoms with van der Waals surface area (Å²) in [7, 11) is 0. The van der Waals surface area contributed by atoms with Crippen molar-refractivity contribution >= 4 is 17.5 Å². The monoisotopic (exact) mass is 357 g/mol. The van der Waals surface area contributed by atoms with Gasteiger partial charge in [0.25, 0.3) is 5.91 Å². The maximum Gasteiger partial charge on any atom is 0.256 e. The van der Waals surface area contributed by atoms with Gasteiger partial charge in [-0.25, -0.2) is 4.39 Å². The van der Waals surface area contributed by atoms with Crippen LogP contribution in [-0.4, -0.2) is 41.9 Å². The number of nitrogens with zero attached hydrogens (tertiary/aromatic N) is 3. The second-order valence-electron chi connectivity index (χ2n) is 5.89.